The number of nitrogens with one attached hydrogen (secondary N) is 1. The maximum atomic E-state index is 4.24. The summed E-state index contributed by atoms with van der Waals surface area (Å²) < 4.78 is 1.23. The monoisotopic (exact) mass is 262 g/mol. The fourth-order valence-electron chi connectivity index (χ4n) is 0.806. The first kappa shape index (κ1) is 8.93. The fourth-order valence-corrected chi connectivity index (χ4v) is 1.29. The second kappa shape index (κ2) is 4.01. The summed E-state index contributed by atoms with van der Waals surface area (Å²) in [5.74, 6) is 0. The van der Waals surface area contributed by atoms with Gasteiger partial charge >= 0.3 is 0 Å². The fraction of sp³-hybridized carbons (Fsp3) is 0.375. The molecule has 0 aliphatic heterocycles. The Kier molecular flexibility index (Phi) is 3.26. The molecule has 60 valence electrons. The Morgan fingerprint density at radius 2 is 2.36 bits per heavy atom. The molecule has 0 spiro atoms. The van der Waals surface area contributed by atoms with E-state index in [1.807, 2.05) is 19.3 Å². The van der Waals surface area contributed by atoms with Gasteiger partial charge in [-0.2, -0.15) is 0 Å². The Morgan fingerprint density at radius 1 is 1.64 bits per heavy atom. The number of rotatable bonds is 2. The Hall–Kier alpha value is -0.160. The SMILES string of the molecule is CN[C@@H](C)c1cc(I)ccn1. The molecule has 0 saturated carbocycles. The maximum Gasteiger partial charge on any atom is 0.0580 e. The van der Waals surface area contributed by atoms with E-state index in [9.17, 15) is 0 Å². The Labute approximate surface area is 80.6 Å². The molecule has 0 amide bonds. The predicted molar refractivity (Wildman–Crippen MR) is 54.4 cm³/mol. The van der Waals surface area contributed by atoms with Crippen molar-refractivity contribution in [3.63, 3.8) is 0 Å². The molecule has 1 N–H and O–H groups in total. The van der Waals surface area contributed by atoms with E-state index in [0.717, 1.165) is 5.69 Å². The first-order valence-corrected chi connectivity index (χ1v) is 4.60. The normalized spacial score (nSPS) is 13.0. The molecule has 1 aromatic rings. The summed E-state index contributed by atoms with van der Waals surface area (Å²) in [5.41, 5.74) is 1.10. The molecule has 0 aliphatic rings. The molecule has 1 heterocycles. The van der Waals surface area contributed by atoms with Crippen LogP contribution in [0.3, 0.4) is 0 Å². The van der Waals surface area contributed by atoms with Crippen LogP contribution < -0.4 is 5.32 Å². The summed E-state index contributed by atoms with van der Waals surface area (Å²) in [5, 5.41) is 3.14. The zero-order valence-electron chi connectivity index (χ0n) is 6.63. The van der Waals surface area contributed by atoms with E-state index in [1.165, 1.54) is 3.57 Å². The van der Waals surface area contributed by atoms with Gasteiger partial charge < -0.3 is 5.32 Å². The molecule has 0 unspecified atom stereocenters. The topological polar surface area (TPSA) is 24.9 Å². The van der Waals surface area contributed by atoms with E-state index in [-0.39, 0.29) is 0 Å². The summed E-state index contributed by atoms with van der Waals surface area (Å²) in [7, 11) is 1.94. The van der Waals surface area contributed by atoms with Crippen molar-refractivity contribution in [2.75, 3.05) is 7.05 Å². The summed E-state index contributed by atoms with van der Waals surface area (Å²) in [6, 6.07) is 4.42. The van der Waals surface area contributed by atoms with Gasteiger partial charge in [-0.3, -0.25) is 4.98 Å². The standard InChI is InChI=1S/C8H11IN2/c1-6(10-2)8-5-7(9)3-4-11-8/h3-6,10H,1-2H3/t6-/m0/s1. The van der Waals surface area contributed by atoms with Crippen molar-refractivity contribution in [3.8, 4) is 0 Å². The zero-order valence-corrected chi connectivity index (χ0v) is 8.79. The van der Waals surface area contributed by atoms with Crippen LogP contribution in [0.15, 0.2) is 18.3 Å². The van der Waals surface area contributed by atoms with Crippen LogP contribution in [0.5, 0.6) is 0 Å². The predicted octanol–water partition coefficient (Wildman–Crippen LogP) is 1.97. The van der Waals surface area contributed by atoms with E-state index in [0.29, 0.717) is 6.04 Å². The molecule has 0 saturated heterocycles. The molecule has 0 bridgehead atoms. The average molecular weight is 262 g/mol. The molecular weight excluding hydrogens is 251 g/mol. The van der Waals surface area contributed by atoms with E-state index in [1.54, 1.807) is 0 Å². The lowest BCUT2D eigenvalue weighted by molar-refractivity contribution is 0.632. The molecule has 0 radical (unpaired) electrons. The van der Waals surface area contributed by atoms with Gasteiger partial charge in [0.15, 0.2) is 0 Å². The number of pyridine rings is 1. The van der Waals surface area contributed by atoms with Gasteiger partial charge in [0.2, 0.25) is 0 Å². The molecule has 1 aromatic heterocycles. The van der Waals surface area contributed by atoms with Gasteiger partial charge in [-0.1, -0.05) is 0 Å². The first-order chi connectivity index (χ1) is 5.24. The maximum absolute atomic E-state index is 4.24. The molecule has 0 aromatic carbocycles. The van der Waals surface area contributed by atoms with Crippen LogP contribution in [-0.4, -0.2) is 12.0 Å². The lowest BCUT2D eigenvalue weighted by Crippen LogP contribution is -2.13. The third-order valence-electron chi connectivity index (χ3n) is 1.62. The largest absolute Gasteiger partial charge is 0.312 e. The van der Waals surface area contributed by atoms with Gasteiger partial charge in [-0.15, -0.1) is 0 Å². The van der Waals surface area contributed by atoms with Crippen LogP contribution in [0, 0.1) is 3.57 Å². The number of hydrogen-bond acceptors (Lipinski definition) is 2. The second-order valence-electron chi connectivity index (χ2n) is 2.41. The van der Waals surface area contributed by atoms with Crippen molar-refractivity contribution in [2.45, 2.75) is 13.0 Å². The minimum Gasteiger partial charge on any atom is -0.312 e. The molecule has 3 heteroatoms. The van der Waals surface area contributed by atoms with Crippen LogP contribution in [0.25, 0.3) is 0 Å². The highest BCUT2D eigenvalue weighted by atomic mass is 127. The molecular formula is C8H11IN2. The smallest absolute Gasteiger partial charge is 0.0580 e. The van der Waals surface area contributed by atoms with Crippen LogP contribution >= 0.6 is 22.6 Å². The van der Waals surface area contributed by atoms with Crippen molar-refractivity contribution in [1.29, 1.82) is 0 Å². The Balaban J connectivity index is 2.86. The van der Waals surface area contributed by atoms with Crippen molar-refractivity contribution in [3.05, 3.63) is 27.6 Å². The highest BCUT2D eigenvalue weighted by molar-refractivity contribution is 14.1. The molecule has 11 heavy (non-hydrogen) atoms. The minimum absolute atomic E-state index is 0.338. The Morgan fingerprint density at radius 3 is 2.91 bits per heavy atom. The van der Waals surface area contributed by atoms with Gasteiger partial charge in [0.25, 0.3) is 0 Å². The van der Waals surface area contributed by atoms with Gasteiger partial charge in [-0.25, -0.2) is 0 Å². The lowest BCUT2D eigenvalue weighted by atomic mass is 10.2. The van der Waals surface area contributed by atoms with E-state index >= 15 is 0 Å². The van der Waals surface area contributed by atoms with Gasteiger partial charge in [-0.05, 0) is 48.7 Å². The summed E-state index contributed by atoms with van der Waals surface area (Å²) in [6.07, 6.45) is 1.84. The molecule has 0 fully saturated rings. The highest BCUT2D eigenvalue weighted by Gasteiger charge is 2.02. The quantitative estimate of drug-likeness (QED) is 0.824. The molecule has 2 nitrogen and oxygen atoms in total. The highest BCUT2D eigenvalue weighted by Crippen LogP contribution is 2.11. The third-order valence-corrected chi connectivity index (χ3v) is 2.29. The molecule has 1 rings (SSSR count). The van der Waals surface area contributed by atoms with Crippen LogP contribution in [-0.2, 0) is 0 Å². The number of nitrogens with zero attached hydrogens (tertiary/aromatic N) is 1. The molecule has 0 aliphatic carbocycles. The van der Waals surface area contributed by atoms with Crippen molar-refractivity contribution >= 4 is 22.6 Å². The van der Waals surface area contributed by atoms with E-state index in [2.05, 4.69) is 45.9 Å². The third kappa shape index (κ3) is 2.41. The van der Waals surface area contributed by atoms with Crippen molar-refractivity contribution in [1.82, 2.24) is 10.3 Å². The van der Waals surface area contributed by atoms with Gasteiger partial charge in [0.1, 0.15) is 0 Å². The minimum atomic E-state index is 0.338. The summed E-state index contributed by atoms with van der Waals surface area (Å²) in [6.45, 7) is 2.10. The summed E-state index contributed by atoms with van der Waals surface area (Å²) >= 11 is 2.29. The van der Waals surface area contributed by atoms with Crippen molar-refractivity contribution < 1.29 is 0 Å². The Bertz CT molecular complexity index is 237. The van der Waals surface area contributed by atoms with E-state index < -0.39 is 0 Å². The number of hydrogen-bond donors (Lipinski definition) is 1. The zero-order chi connectivity index (χ0) is 8.27. The number of aromatic nitrogens is 1. The summed E-state index contributed by atoms with van der Waals surface area (Å²) in [4.78, 5) is 4.24. The van der Waals surface area contributed by atoms with Crippen molar-refractivity contribution in [2.24, 2.45) is 0 Å². The average Bonchev–Trinajstić information content (AvgIpc) is 2.03. The van der Waals surface area contributed by atoms with Gasteiger partial charge in [0, 0.05) is 15.8 Å². The lowest BCUT2D eigenvalue weighted by Gasteiger charge is -2.08. The van der Waals surface area contributed by atoms with Crippen LogP contribution in [0.2, 0.25) is 0 Å². The number of halogens is 1. The first-order valence-electron chi connectivity index (χ1n) is 3.52. The van der Waals surface area contributed by atoms with Crippen LogP contribution in [0.1, 0.15) is 18.7 Å². The second-order valence-corrected chi connectivity index (χ2v) is 3.65. The van der Waals surface area contributed by atoms with Gasteiger partial charge in [0.05, 0.1) is 5.69 Å². The van der Waals surface area contributed by atoms with Crippen LogP contribution in [0.4, 0.5) is 0 Å². The molecule has 1 atom stereocenters. The van der Waals surface area contributed by atoms with E-state index in [4.69, 9.17) is 0 Å².